The minimum atomic E-state index is -0.838. The molecule has 0 heterocycles. The van der Waals surface area contributed by atoms with Gasteiger partial charge in [-0.2, -0.15) is 11.8 Å². The minimum absolute atomic E-state index is 0.0970. The van der Waals surface area contributed by atoms with E-state index in [0.717, 1.165) is 6.07 Å². The van der Waals surface area contributed by atoms with Gasteiger partial charge in [0.15, 0.2) is 5.78 Å². The van der Waals surface area contributed by atoms with Gasteiger partial charge in [0.2, 0.25) is 5.91 Å². The van der Waals surface area contributed by atoms with Crippen LogP contribution in [-0.4, -0.2) is 40.6 Å². The zero-order valence-corrected chi connectivity index (χ0v) is 16.8. The number of hydrogen-bond acceptors (Lipinski definition) is 6. The Bertz CT molecular complexity index is 932. The lowest BCUT2D eigenvalue weighted by atomic mass is 10.1. The Labute approximate surface area is 172 Å². The third kappa shape index (κ3) is 6.42. The molecule has 0 radical (unpaired) electrons. The predicted octanol–water partition coefficient (Wildman–Crippen LogP) is 3.29. The lowest BCUT2D eigenvalue weighted by Gasteiger charge is -2.18. The van der Waals surface area contributed by atoms with Gasteiger partial charge in [-0.3, -0.25) is 24.5 Å². The van der Waals surface area contributed by atoms with E-state index >= 15 is 0 Å². The Morgan fingerprint density at radius 3 is 2.45 bits per heavy atom. The van der Waals surface area contributed by atoms with Crippen LogP contribution in [0.3, 0.4) is 0 Å². The van der Waals surface area contributed by atoms with Gasteiger partial charge in [0.05, 0.1) is 4.92 Å². The maximum absolute atomic E-state index is 12.7. The second kappa shape index (κ2) is 10.4. The number of non-ortho nitro benzene ring substituents is 1. The number of Topliss-reactive ketones (excluding diaryl/α,β-unsaturated/α-hetero) is 1. The molecule has 0 aliphatic heterocycles. The summed E-state index contributed by atoms with van der Waals surface area (Å²) in [6, 6.07) is 11.0. The summed E-state index contributed by atoms with van der Waals surface area (Å²) in [6.07, 6.45) is 2.26. The highest BCUT2D eigenvalue weighted by Crippen LogP contribution is 2.15. The molecule has 8 nitrogen and oxygen atoms in total. The van der Waals surface area contributed by atoms with Crippen LogP contribution in [-0.2, 0) is 4.79 Å². The van der Waals surface area contributed by atoms with Crippen LogP contribution < -0.4 is 10.6 Å². The highest BCUT2D eigenvalue weighted by Gasteiger charge is 2.22. The van der Waals surface area contributed by atoms with Crippen LogP contribution in [0.4, 0.5) is 11.4 Å². The van der Waals surface area contributed by atoms with Gasteiger partial charge in [-0.15, -0.1) is 0 Å². The molecule has 2 rings (SSSR count). The molecule has 0 spiro atoms. The van der Waals surface area contributed by atoms with Crippen molar-refractivity contribution in [2.45, 2.75) is 19.4 Å². The summed E-state index contributed by atoms with van der Waals surface area (Å²) in [5.41, 5.74) is 0.800. The van der Waals surface area contributed by atoms with E-state index in [0.29, 0.717) is 23.4 Å². The van der Waals surface area contributed by atoms with E-state index in [1.165, 1.54) is 36.9 Å². The van der Waals surface area contributed by atoms with Gasteiger partial charge >= 0.3 is 0 Å². The first-order chi connectivity index (χ1) is 13.8. The monoisotopic (exact) mass is 415 g/mol. The van der Waals surface area contributed by atoms with Crippen molar-refractivity contribution in [1.82, 2.24) is 5.32 Å². The number of nitro groups is 1. The molecule has 0 bridgehead atoms. The molecular weight excluding hydrogens is 394 g/mol. The van der Waals surface area contributed by atoms with Crippen molar-refractivity contribution < 1.29 is 19.3 Å². The molecule has 29 heavy (non-hydrogen) atoms. The first-order valence-electron chi connectivity index (χ1n) is 8.78. The molecule has 0 aromatic heterocycles. The van der Waals surface area contributed by atoms with E-state index in [9.17, 15) is 24.5 Å². The standard InChI is InChI=1S/C20H21N3O5S/c1-13(24)14-5-3-7-16(11-14)21-20(26)18(9-10-29-2)22-19(25)15-6-4-8-17(12-15)23(27)28/h3-8,11-12,18H,9-10H2,1-2H3,(H,21,26)(H,22,25)/t18-/m0/s1. The lowest BCUT2D eigenvalue weighted by molar-refractivity contribution is -0.384. The largest absolute Gasteiger partial charge is 0.340 e. The Hall–Kier alpha value is -3.20. The maximum atomic E-state index is 12.7. The number of nitro benzene ring substituents is 1. The summed E-state index contributed by atoms with van der Waals surface area (Å²) < 4.78 is 0. The Kier molecular flexibility index (Phi) is 7.90. The second-order valence-corrected chi connectivity index (χ2v) is 7.23. The lowest BCUT2D eigenvalue weighted by Crippen LogP contribution is -2.44. The molecule has 152 valence electrons. The summed E-state index contributed by atoms with van der Waals surface area (Å²) in [5.74, 6) is -0.508. The topological polar surface area (TPSA) is 118 Å². The quantitative estimate of drug-likeness (QED) is 0.369. The summed E-state index contributed by atoms with van der Waals surface area (Å²) in [4.78, 5) is 47.1. The Balaban J connectivity index is 2.15. The first-order valence-corrected chi connectivity index (χ1v) is 10.2. The fourth-order valence-corrected chi connectivity index (χ4v) is 3.02. The van der Waals surface area contributed by atoms with E-state index in [-0.39, 0.29) is 17.0 Å². The SMILES string of the molecule is CSCC[C@H](NC(=O)c1cccc([N+](=O)[O-])c1)C(=O)Nc1cccc(C(C)=O)c1. The predicted molar refractivity (Wildman–Crippen MR) is 112 cm³/mol. The number of anilines is 1. The van der Waals surface area contributed by atoms with Crippen molar-refractivity contribution in [3.8, 4) is 0 Å². The van der Waals surface area contributed by atoms with Crippen LogP contribution in [0.5, 0.6) is 0 Å². The molecule has 2 amide bonds. The number of carbonyl (C=O) groups is 3. The van der Waals surface area contributed by atoms with E-state index in [1.54, 1.807) is 24.3 Å². The van der Waals surface area contributed by atoms with Gasteiger partial charge in [0.25, 0.3) is 11.6 Å². The second-order valence-electron chi connectivity index (χ2n) is 6.24. The smallest absolute Gasteiger partial charge is 0.270 e. The molecule has 2 aromatic carbocycles. The van der Waals surface area contributed by atoms with E-state index < -0.39 is 22.8 Å². The number of benzene rings is 2. The fourth-order valence-electron chi connectivity index (χ4n) is 2.55. The molecule has 0 aliphatic carbocycles. The summed E-state index contributed by atoms with van der Waals surface area (Å²) in [6.45, 7) is 1.43. The average Bonchev–Trinajstić information content (AvgIpc) is 2.71. The number of nitrogens with zero attached hydrogens (tertiary/aromatic N) is 1. The normalized spacial score (nSPS) is 11.4. The minimum Gasteiger partial charge on any atom is -0.340 e. The van der Waals surface area contributed by atoms with Crippen molar-refractivity contribution in [2.75, 3.05) is 17.3 Å². The molecule has 2 N–H and O–H groups in total. The summed E-state index contributed by atoms with van der Waals surface area (Å²) >= 11 is 1.52. The third-order valence-electron chi connectivity index (χ3n) is 4.09. The summed E-state index contributed by atoms with van der Waals surface area (Å²) in [5, 5.41) is 16.3. The van der Waals surface area contributed by atoms with E-state index in [1.807, 2.05) is 6.26 Å². The molecule has 2 aromatic rings. The van der Waals surface area contributed by atoms with Crippen LogP contribution in [0.25, 0.3) is 0 Å². The zero-order valence-electron chi connectivity index (χ0n) is 16.0. The van der Waals surface area contributed by atoms with Gasteiger partial charge in [-0.25, -0.2) is 0 Å². The maximum Gasteiger partial charge on any atom is 0.270 e. The van der Waals surface area contributed by atoms with Crippen molar-refractivity contribution >= 4 is 40.7 Å². The number of hydrogen-bond donors (Lipinski definition) is 2. The molecule has 0 unspecified atom stereocenters. The number of carbonyl (C=O) groups excluding carboxylic acids is 3. The van der Waals surface area contributed by atoms with Crippen LogP contribution in [0.2, 0.25) is 0 Å². The van der Waals surface area contributed by atoms with Gasteiger partial charge < -0.3 is 10.6 Å². The molecular formula is C20H21N3O5S. The molecule has 0 fully saturated rings. The number of rotatable bonds is 9. The molecule has 0 saturated heterocycles. The first kappa shape index (κ1) is 22.1. The number of amides is 2. The van der Waals surface area contributed by atoms with Gasteiger partial charge in [-0.1, -0.05) is 18.2 Å². The van der Waals surface area contributed by atoms with Crippen LogP contribution in [0.15, 0.2) is 48.5 Å². The van der Waals surface area contributed by atoms with Crippen molar-refractivity contribution in [3.63, 3.8) is 0 Å². The number of ketones is 1. The average molecular weight is 415 g/mol. The number of thioether (sulfide) groups is 1. The van der Waals surface area contributed by atoms with E-state index in [2.05, 4.69) is 10.6 Å². The highest BCUT2D eigenvalue weighted by atomic mass is 32.2. The van der Waals surface area contributed by atoms with Crippen molar-refractivity contribution in [1.29, 1.82) is 0 Å². The van der Waals surface area contributed by atoms with Crippen molar-refractivity contribution in [2.24, 2.45) is 0 Å². The third-order valence-corrected chi connectivity index (χ3v) is 4.73. The van der Waals surface area contributed by atoms with Gasteiger partial charge in [0, 0.05) is 28.9 Å². The van der Waals surface area contributed by atoms with Crippen LogP contribution in [0.1, 0.15) is 34.1 Å². The molecule has 0 saturated carbocycles. The van der Waals surface area contributed by atoms with E-state index in [4.69, 9.17) is 0 Å². The van der Waals surface area contributed by atoms with Crippen LogP contribution in [0, 0.1) is 10.1 Å². The van der Waals surface area contributed by atoms with Gasteiger partial charge in [0.1, 0.15) is 6.04 Å². The Morgan fingerprint density at radius 1 is 1.10 bits per heavy atom. The Morgan fingerprint density at radius 2 is 1.79 bits per heavy atom. The van der Waals surface area contributed by atoms with Crippen molar-refractivity contribution in [3.05, 3.63) is 69.8 Å². The summed E-state index contributed by atoms with van der Waals surface area (Å²) in [7, 11) is 0. The van der Waals surface area contributed by atoms with Crippen LogP contribution >= 0.6 is 11.8 Å². The highest BCUT2D eigenvalue weighted by molar-refractivity contribution is 7.98. The molecule has 9 heteroatoms. The zero-order chi connectivity index (χ0) is 21.4. The fraction of sp³-hybridized carbons (Fsp3) is 0.250. The number of nitrogens with one attached hydrogen (secondary N) is 2. The molecule has 1 atom stereocenters. The molecule has 0 aliphatic rings. The van der Waals surface area contributed by atoms with Gasteiger partial charge in [-0.05, 0) is 43.6 Å².